The first kappa shape index (κ1) is 18.7. The number of benzene rings is 1. The molecule has 0 bridgehead atoms. The molecule has 8 nitrogen and oxygen atoms in total. The van der Waals surface area contributed by atoms with E-state index in [2.05, 4.69) is 25.0 Å². The molecule has 152 valence electrons. The summed E-state index contributed by atoms with van der Waals surface area (Å²) in [7, 11) is 0. The Morgan fingerprint density at radius 3 is 2.63 bits per heavy atom. The molecule has 0 aliphatic carbocycles. The molecule has 4 aromatic rings. The van der Waals surface area contributed by atoms with Crippen molar-refractivity contribution in [2.75, 3.05) is 31.1 Å². The number of pyridine rings is 1. The molecule has 1 amide bonds. The molecule has 30 heavy (non-hydrogen) atoms. The lowest BCUT2D eigenvalue weighted by Crippen LogP contribution is -2.49. The van der Waals surface area contributed by atoms with Crippen molar-refractivity contribution in [2.45, 2.75) is 13.3 Å². The summed E-state index contributed by atoms with van der Waals surface area (Å²) < 4.78 is 6.20. The summed E-state index contributed by atoms with van der Waals surface area (Å²) in [4.78, 5) is 30.3. The number of carbonyl (C=O) groups excluding carboxylic acids is 1. The maximum absolute atomic E-state index is 12.9. The Morgan fingerprint density at radius 1 is 1.10 bits per heavy atom. The van der Waals surface area contributed by atoms with Crippen molar-refractivity contribution >= 4 is 33.3 Å². The highest BCUT2D eigenvalue weighted by atomic mass is 32.1. The third kappa shape index (κ3) is 3.52. The van der Waals surface area contributed by atoms with Crippen LogP contribution in [0.4, 0.5) is 5.82 Å². The summed E-state index contributed by atoms with van der Waals surface area (Å²) in [5.74, 6) is 2.05. The number of nitrogens with zero attached hydrogens (tertiary/aromatic N) is 6. The number of anilines is 1. The zero-order valence-corrected chi connectivity index (χ0v) is 17.3. The van der Waals surface area contributed by atoms with Crippen molar-refractivity contribution in [2.24, 2.45) is 0 Å². The third-order valence-electron chi connectivity index (χ3n) is 5.14. The molecule has 0 unspecified atom stereocenters. The van der Waals surface area contributed by atoms with Crippen LogP contribution in [0.15, 0.2) is 47.1 Å². The van der Waals surface area contributed by atoms with Gasteiger partial charge in [-0.3, -0.25) is 4.79 Å². The topological polar surface area (TPSA) is 88.3 Å². The van der Waals surface area contributed by atoms with Crippen LogP contribution >= 0.6 is 11.3 Å². The van der Waals surface area contributed by atoms with Crippen molar-refractivity contribution in [1.82, 2.24) is 25.0 Å². The van der Waals surface area contributed by atoms with Crippen molar-refractivity contribution in [1.29, 1.82) is 0 Å². The summed E-state index contributed by atoms with van der Waals surface area (Å²) in [5, 5.41) is 4.54. The average molecular weight is 420 g/mol. The Hall–Kier alpha value is -3.33. The maximum Gasteiger partial charge on any atom is 0.282 e. The van der Waals surface area contributed by atoms with Crippen LogP contribution in [0.1, 0.15) is 22.6 Å². The van der Waals surface area contributed by atoms with Gasteiger partial charge in [-0.2, -0.15) is 4.98 Å². The average Bonchev–Trinajstić information content (AvgIpc) is 3.46. The fraction of sp³-hybridized carbons (Fsp3) is 0.286. The molecule has 0 atom stereocenters. The lowest BCUT2D eigenvalue weighted by Gasteiger charge is -2.35. The van der Waals surface area contributed by atoms with Crippen molar-refractivity contribution in [3.63, 3.8) is 0 Å². The van der Waals surface area contributed by atoms with E-state index in [0.717, 1.165) is 34.7 Å². The zero-order valence-electron chi connectivity index (χ0n) is 16.5. The largest absolute Gasteiger partial charge is 0.353 e. The van der Waals surface area contributed by atoms with E-state index >= 15 is 0 Å². The SMILES string of the molecule is CCc1nc(-c2ccc(N3CCN(C(=O)c4nc5ccccc5s4)CC3)nc2)no1. The molecule has 0 saturated carbocycles. The summed E-state index contributed by atoms with van der Waals surface area (Å²) in [6.45, 7) is 4.71. The standard InChI is InChI=1S/C21H20N6O2S/c1-2-18-24-19(25-29-18)14-7-8-17(22-13-14)26-9-11-27(12-10-26)21(28)20-23-15-5-3-4-6-16(15)30-20/h3-8,13H,2,9-12H2,1H3. The molecule has 9 heteroatoms. The van der Waals surface area contributed by atoms with Gasteiger partial charge in [-0.05, 0) is 24.3 Å². The second-order valence-corrected chi connectivity index (χ2v) is 8.07. The van der Waals surface area contributed by atoms with Crippen molar-refractivity contribution < 1.29 is 9.32 Å². The van der Waals surface area contributed by atoms with Gasteiger partial charge in [0.05, 0.1) is 10.2 Å². The molecule has 1 aromatic carbocycles. The Labute approximate surface area is 177 Å². The number of rotatable bonds is 4. The molecule has 4 heterocycles. The fourth-order valence-electron chi connectivity index (χ4n) is 3.46. The Bertz CT molecular complexity index is 1140. The van der Waals surface area contributed by atoms with Gasteiger partial charge >= 0.3 is 0 Å². The highest BCUT2D eigenvalue weighted by Crippen LogP contribution is 2.24. The molecule has 1 aliphatic rings. The summed E-state index contributed by atoms with van der Waals surface area (Å²) >= 11 is 1.45. The number of fused-ring (bicyclic) bond motifs is 1. The Morgan fingerprint density at radius 2 is 1.93 bits per heavy atom. The van der Waals surface area contributed by atoms with E-state index < -0.39 is 0 Å². The van der Waals surface area contributed by atoms with Gasteiger partial charge in [0.2, 0.25) is 11.7 Å². The van der Waals surface area contributed by atoms with E-state index in [1.165, 1.54) is 11.3 Å². The molecule has 1 saturated heterocycles. The molecular formula is C21H20N6O2S. The van der Waals surface area contributed by atoms with Gasteiger partial charge in [0, 0.05) is 44.4 Å². The van der Waals surface area contributed by atoms with Gasteiger partial charge in [0.25, 0.3) is 5.91 Å². The quantitative estimate of drug-likeness (QED) is 0.501. The van der Waals surface area contributed by atoms with E-state index in [4.69, 9.17) is 4.52 Å². The third-order valence-corrected chi connectivity index (χ3v) is 6.17. The molecular weight excluding hydrogens is 400 g/mol. The predicted octanol–water partition coefficient (Wildman–Crippen LogP) is 3.27. The number of hydrogen-bond donors (Lipinski definition) is 0. The predicted molar refractivity (Wildman–Crippen MR) is 115 cm³/mol. The van der Waals surface area contributed by atoms with Gasteiger partial charge in [-0.25, -0.2) is 9.97 Å². The van der Waals surface area contributed by atoms with Gasteiger partial charge in [-0.1, -0.05) is 24.2 Å². The maximum atomic E-state index is 12.9. The molecule has 1 aliphatic heterocycles. The van der Waals surface area contributed by atoms with Gasteiger partial charge < -0.3 is 14.3 Å². The van der Waals surface area contributed by atoms with Crippen LogP contribution < -0.4 is 4.90 Å². The van der Waals surface area contributed by atoms with Crippen molar-refractivity contribution in [3.05, 3.63) is 53.5 Å². The highest BCUT2D eigenvalue weighted by molar-refractivity contribution is 7.20. The monoisotopic (exact) mass is 420 g/mol. The second-order valence-electron chi connectivity index (χ2n) is 7.04. The van der Waals surface area contributed by atoms with E-state index in [0.29, 0.717) is 36.2 Å². The number of hydrogen-bond acceptors (Lipinski definition) is 8. The van der Waals surface area contributed by atoms with Crippen LogP contribution in [0.2, 0.25) is 0 Å². The van der Waals surface area contributed by atoms with Gasteiger partial charge in [0.15, 0.2) is 5.01 Å². The minimum atomic E-state index is 0.00277. The minimum Gasteiger partial charge on any atom is -0.353 e. The number of thiazole rings is 1. The molecule has 0 spiro atoms. The number of para-hydroxylation sites is 1. The van der Waals surface area contributed by atoms with E-state index in [1.54, 1.807) is 6.20 Å². The van der Waals surface area contributed by atoms with Crippen LogP contribution in [0.3, 0.4) is 0 Å². The van der Waals surface area contributed by atoms with Crippen molar-refractivity contribution in [3.8, 4) is 11.4 Å². The first-order valence-corrected chi connectivity index (χ1v) is 10.7. The van der Waals surface area contributed by atoms with Gasteiger partial charge in [-0.15, -0.1) is 11.3 Å². The Balaban J connectivity index is 1.23. The summed E-state index contributed by atoms with van der Waals surface area (Å²) in [6.07, 6.45) is 2.47. The number of carbonyl (C=O) groups is 1. The lowest BCUT2D eigenvalue weighted by atomic mass is 10.2. The van der Waals surface area contributed by atoms with Crippen LogP contribution in [0.25, 0.3) is 21.6 Å². The zero-order chi connectivity index (χ0) is 20.5. The van der Waals surface area contributed by atoms with E-state index in [1.807, 2.05) is 48.2 Å². The first-order valence-electron chi connectivity index (χ1n) is 9.90. The first-order chi connectivity index (χ1) is 14.7. The van der Waals surface area contributed by atoms with E-state index in [9.17, 15) is 4.79 Å². The molecule has 1 fully saturated rings. The van der Waals surface area contributed by atoms with Gasteiger partial charge in [0.1, 0.15) is 5.82 Å². The molecule has 5 rings (SSSR count). The van der Waals surface area contributed by atoms with E-state index in [-0.39, 0.29) is 5.91 Å². The Kier molecular flexibility index (Phi) is 4.88. The van der Waals surface area contributed by atoms with Crippen LogP contribution in [0, 0.1) is 0 Å². The molecule has 3 aromatic heterocycles. The van der Waals surface area contributed by atoms with Crippen LogP contribution in [-0.4, -0.2) is 57.1 Å². The molecule has 0 N–H and O–H groups in total. The highest BCUT2D eigenvalue weighted by Gasteiger charge is 2.25. The number of amides is 1. The summed E-state index contributed by atoms with van der Waals surface area (Å²) in [5.41, 5.74) is 1.70. The minimum absolute atomic E-state index is 0.00277. The molecule has 0 radical (unpaired) electrons. The smallest absolute Gasteiger partial charge is 0.282 e. The van der Waals surface area contributed by atoms with Crippen LogP contribution in [-0.2, 0) is 6.42 Å². The van der Waals surface area contributed by atoms with Crippen LogP contribution in [0.5, 0.6) is 0 Å². The number of aromatic nitrogens is 4. The number of piperazine rings is 1. The lowest BCUT2D eigenvalue weighted by molar-refractivity contribution is 0.0746. The second kappa shape index (κ2) is 7.83. The summed E-state index contributed by atoms with van der Waals surface area (Å²) in [6, 6.07) is 11.7. The fourth-order valence-corrected chi connectivity index (χ4v) is 4.39. The number of aryl methyl sites for hydroxylation is 1. The normalized spacial score (nSPS) is 14.4.